The van der Waals surface area contributed by atoms with E-state index < -0.39 is 0 Å². The van der Waals surface area contributed by atoms with Gasteiger partial charge in [0, 0.05) is 11.0 Å². The molecular formula is C14H17NO2. The Kier molecular flexibility index (Phi) is 3.05. The molecule has 0 heterocycles. The highest BCUT2D eigenvalue weighted by Crippen LogP contribution is 2.37. The second-order valence-electron chi connectivity index (χ2n) is 4.88. The van der Waals surface area contributed by atoms with Gasteiger partial charge in [-0.15, -0.1) is 0 Å². The summed E-state index contributed by atoms with van der Waals surface area (Å²) in [5.41, 5.74) is 0.542. The van der Waals surface area contributed by atoms with Gasteiger partial charge in [0.1, 0.15) is 5.75 Å². The summed E-state index contributed by atoms with van der Waals surface area (Å²) in [5, 5.41) is 12.2. The SMILES string of the molecule is CC(C)(CON)c1c(O)ccc2ccccc12. The largest absolute Gasteiger partial charge is 0.508 e. The summed E-state index contributed by atoms with van der Waals surface area (Å²) in [6, 6.07) is 11.6. The number of phenols is 1. The van der Waals surface area contributed by atoms with Crippen molar-refractivity contribution in [2.24, 2.45) is 5.90 Å². The molecule has 0 saturated heterocycles. The van der Waals surface area contributed by atoms with Crippen LogP contribution >= 0.6 is 0 Å². The standard InChI is InChI=1S/C14H17NO2/c1-14(2,9-17-15)13-11-6-4-3-5-10(11)7-8-12(13)16/h3-8,16H,9,15H2,1-2H3. The zero-order valence-corrected chi connectivity index (χ0v) is 10.1. The lowest BCUT2D eigenvalue weighted by molar-refractivity contribution is 0.0960. The Morgan fingerprint density at radius 3 is 2.59 bits per heavy atom. The minimum atomic E-state index is -0.334. The first-order valence-electron chi connectivity index (χ1n) is 5.59. The molecule has 17 heavy (non-hydrogen) atoms. The lowest BCUT2D eigenvalue weighted by Gasteiger charge is -2.26. The third kappa shape index (κ3) is 2.12. The highest BCUT2D eigenvalue weighted by molar-refractivity contribution is 5.88. The second-order valence-corrected chi connectivity index (χ2v) is 4.88. The zero-order valence-electron chi connectivity index (χ0n) is 10.1. The number of rotatable bonds is 3. The van der Waals surface area contributed by atoms with Crippen LogP contribution in [0.4, 0.5) is 0 Å². The molecule has 0 spiro atoms. The number of benzene rings is 2. The van der Waals surface area contributed by atoms with Crippen LogP contribution < -0.4 is 5.90 Å². The number of nitrogens with two attached hydrogens (primary N) is 1. The van der Waals surface area contributed by atoms with Crippen molar-refractivity contribution in [3.05, 3.63) is 42.0 Å². The van der Waals surface area contributed by atoms with Gasteiger partial charge in [-0.3, -0.25) is 0 Å². The van der Waals surface area contributed by atoms with Crippen LogP contribution in [0.5, 0.6) is 5.75 Å². The van der Waals surface area contributed by atoms with Gasteiger partial charge in [0.15, 0.2) is 0 Å². The maximum atomic E-state index is 10.1. The second kappa shape index (κ2) is 4.35. The molecule has 0 aliphatic carbocycles. The van der Waals surface area contributed by atoms with E-state index in [-0.39, 0.29) is 11.2 Å². The normalized spacial score (nSPS) is 11.9. The van der Waals surface area contributed by atoms with Crippen LogP contribution in [-0.2, 0) is 10.3 Å². The van der Waals surface area contributed by atoms with E-state index in [9.17, 15) is 5.11 Å². The summed E-state index contributed by atoms with van der Waals surface area (Å²) in [6.07, 6.45) is 0. The Bertz CT molecular complexity index is 535. The average Bonchev–Trinajstić information content (AvgIpc) is 2.28. The molecule has 2 aromatic carbocycles. The van der Waals surface area contributed by atoms with E-state index in [4.69, 9.17) is 10.7 Å². The van der Waals surface area contributed by atoms with Crippen molar-refractivity contribution in [3.8, 4) is 5.75 Å². The molecule has 0 unspecified atom stereocenters. The van der Waals surface area contributed by atoms with Crippen molar-refractivity contribution in [2.75, 3.05) is 6.61 Å². The molecule has 3 nitrogen and oxygen atoms in total. The lowest BCUT2D eigenvalue weighted by Crippen LogP contribution is -2.26. The number of aromatic hydroxyl groups is 1. The van der Waals surface area contributed by atoms with Gasteiger partial charge in [0.2, 0.25) is 0 Å². The van der Waals surface area contributed by atoms with Crippen molar-refractivity contribution in [1.29, 1.82) is 0 Å². The summed E-state index contributed by atoms with van der Waals surface area (Å²) in [4.78, 5) is 4.75. The van der Waals surface area contributed by atoms with Gasteiger partial charge in [-0.05, 0) is 16.8 Å². The summed E-state index contributed by atoms with van der Waals surface area (Å²) in [5.74, 6) is 5.45. The molecule has 0 aliphatic rings. The van der Waals surface area contributed by atoms with Gasteiger partial charge in [-0.25, -0.2) is 5.90 Å². The van der Waals surface area contributed by atoms with E-state index in [2.05, 4.69) is 0 Å². The van der Waals surface area contributed by atoms with E-state index in [1.807, 2.05) is 44.2 Å². The topological polar surface area (TPSA) is 55.5 Å². The predicted molar refractivity (Wildman–Crippen MR) is 68.8 cm³/mol. The van der Waals surface area contributed by atoms with Gasteiger partial charge in [-0.2, -0.15) is 0 Å². The Labute approximate surface area is 101 Å². The van der Waals surface area contributed by atoms with Gasteiger partial charge >= 0.3 is 0 Å². The molecule has 3 heteroatoms. The fraction of sp³-hybridized carbons (Fsp3) is 0.286. The number of hydrogen-bond donors (Lipinski definition) is 2. The highest BCUT2D eigenvalue weighted by Gasteiger charge is 2.26. The first kappa shape index (κ1) is 11.9. The first-order chi connectivity index (χ1) is 8.06. The van der Waals surface area contributed by atoms with Crippen LogP contribution in [0.1, 0.15) is 19.4 Å². The summed E-state index contributed by atoms with van der Waals surface area (Å²) < 4.78 is 0. The number of fused-ring (bicyclic) bond motifs is 1. The van der Waals surface area contributed by atoms with E-state index in [0.717, 1.165) is 16.3 Å². The van der Waals surface area contributed by atoms with Crippen LogP contribution in [0.15, 0.2) is 36.4 Å². The van der Waals surface area contributed by atoms with E-state index in [1.165, 1.54) is 0 Å². The molecular weight excluding hydrogens is 214 g/mol. The predicted octanol–water partition coefficient (Wildman–Crippen LogP) is 2.71. The molecule has 3 N–H and O–H groups in total. The zero-order chi connectivity index (χ0) is 12.5. The molecule has 0 saturated carbocycles. The summed E-state index contributed by atoms with van der Waals surface area (Å²) in [6.45, 7) is 4.36. The third-order valence-corrected chi connectivity index (χ3v) is 3.03. The fourth-order valence-electron chi connectivity index (χ4n) is 2.25. The van der Waals surface area contributed by atoms with Crippen LogP contribution in [-0.4, -0.2) is 11.7 Å². The van der Waals surface area contributed by atoms with Crippen molar-refractivity contribution in [3.63, 3.8) is 0 Å². The highest BCUT2D eigenvalue weighted by atomic mass is 16.6. The Morgan fingerprint density at radius 1 is 1.18 bits per heavy atom. The minimum absolute atomic E-state index is 0.283. The quantitative estimate of drug-likeness (QED) is 0.798. The molecule has 0 fully saturated rings. The van der Waals surface area contributed by atoms with Crippen molar-refractivity contribution >= 4 is 10.8 Å². The average molecular weight is 231 g/mol. The van der Waals surface area contributed by atoms with E-state index in [1.54, 1.807) is 6.07 Å². The number of phenolic OH excluding ortho intramolecular Hbond substituents is 1. The molecule has 0 atom stereocenters. The van der Waals surface area contributed by atoms with Crippen LogP contribution in [0.3, 0.4) is 0 Å². The Morgan fingerprint density at radius 2 is 1.88 bits per heavy atom. The maximum absolute atomic E-state index is 10.1. The molecule has 0 radical (unpaired) electrons. The smallest absolute Gasteiger partial charge is 0.120 e. The van der Waals surface area contributed by atoms with Crippen molar-refractivity contribution in [1.82, 2.24) is 0 Å². The monoisotopic (exact) mass is 231 g/mol. The fourth-order valence-corrected chi connectivity index (χ4v) is 2.25. The molecule has 90 valence electrons. The molecule has 0 bridgehead atoms. The van der Waals surface area contributed by atoms with E-state index >= 15 is 0 Å². The Balaban J connectivity index is 2.70. The van der Waals surface area contributed by atoms with Gasteiger partial charge in [0.05, 0.1) is 6.61 Å². The molecule has 0 aromatic heterocycles. The summed E-state index contributed by atoms with van der Waals surface area (Å²) in [7, 11) is 0. The molecule has 2 rings (SSSR count). The first-order valence-corrected chi connectivity index (χ1v) is 5.59. The third-order valence-electron chi connectivity index (χ3n) is 3.03. The van der Waals surface area contributed by atoms with Crippen molar-refractivity contribution < 1.29 is 9.94 Å². The maximum Gasteiger partial charge on any atom is 0.120 e. The van der Waals surface area contributed by atoms with Gasteiger partial charge in [0.25, 0.3) is 0 Å². The molecule has 0 amide bonds. The number of hydrogen-bond acceptors (Lipinski definition) is 3. The van der Waals surface area contributed by atoms with Crippen LogP contribution in [0.25, 0.3) is 10.8 Å². The molecule has 0 aliphatic heterocycles. The van der Waals surface area contributed by atoms with Crippen molar-refractivity contribution in [2.45, 2.75) is 19.3 Å². The Hall–Kier alpha value is -1.58. The van der Waals surface area contributed by atoms with Gasteiger partial charge < -0.3 is 9.94 Å². The van der Waals surface area contributed by atoms with Gasteiger partial charge in [-0.1, -0.05) is 44.2 Å². The van der Waals surface area contributed by atoms with E-state index in [0.29, 0.717) is 6.61 Å². The van der Waals surface area contributed by atoms with Crippen LogP contribution in [0, 0.1) is 0 Å². The molecule has 2 aromatic rings. The van der Waals surface area contributed by atoms with Crippen LogP contribution in [0.2, 0.25) is 0 Å². The summed E-state index contributed by atoms with van der Waals surface area (Å²) >= 11 is 0. The lowest BCUT2D eigenvalue weighted by atomic mass is 9.82. The minimum Gasteiger partial charge on any atom is -0.508 e.